The van der Waals surface area contributed by atoms with Gasteiger partial charge in [-0.1, -0.05) is 24.6 Å². The molecule has 1 aromatic carbocycles. The Kier molecular flexibility index (Phi) is 5.94. The fourth-order valence-corrected chi connectivity index (χ4v) is 2.34. The summed E-state index contributed by atoms with van der Waals surface area (Å²) in [6.45, 7) is 6.06. The molecular weight excluding hydrogens is 294 g/mol. The van der Waals surface area contributed by atoms with Crippen LogP contribution in [0.5, 0.6) is 5.75 Å². The zero-order valence-electron chi connectivity index (χ0n) is 12.2. The summed E-state index contributed by atoms with van der Waals surface area (Å²) in [6.07, 6.45) is -0.0352. The van der Waals surface area contributed by atoms with Crippen molar-refractivity contribution in [2.45, 2.75) is 38.8 Å². The molecule has 7 heteroatoms. The van der Waals surface area contributed by atoms with E-state index in [0.29, 0.717) is 13.0 Å². The summed E-state index contributed by atoms with van der Waals surface area (Å²) in [5.41, 5.74) is -0.944. The van der Waals surface area contributed by atoms with Crippen LogP contribution in [0, 0.1) is 21.4 Å². The number of nitro benzene ring substituents is 1. The van der Waals surface area contributed by atoms with Crippen molar-refractivity contribution in [3.05, 3.63) is 33.3 Å². The highest BCUT2D eigenvalue weighted by atomic mass is 35.5. The third-order valence-electron chi connectivity index (χ3n) is 2.97. The van der Waals surface area contributed by atoms with Gasteiger partial charge in [0, 0.05) is 12.5 Å². The minimum absolute atomic E-state index is 0.0356. The lowest BCUT2D eigenvalue weighted by Gasteiger charge is -2.26. The molecule has 0 aliphatic carbocycles. The molecule has 0 heterocycles. The minimum atomic E-state index is -0.760. The molecule has 0 aliphatic heterocycles. The van der Waals surface area contributed by atoms with Crippen molar-refractivity contribution < 1.29 is 9.66 Å². The first-order valence-electron chi connectivity index (χ1n) is 6.58. The van der Waals surface area contributed by atoms with Crippen LogP contribution in [0.15, 0.2) is 18.2 Å². The standard InChI is InChI=1S/C14H18ClN3O3/c1-4-17-14(3,9-16)8-10(2)21-13-11(15)6-5-7-12(13)18(19)20/h5-7,10,17H,4,8H2,1-3H3. The quantitative estimate of drug-likeness (QED) is 0.616. The molecular formula is C14H18ClN3O3. The van der Waals surface area contributed by atoms with Gasteiger partial charge >= 0.3 is 5.69 Å². The van der Waals surface area contributed by atoms with E-state index in [0.717, 1.165) is 0 Å². The summed E-state index contributed by atoms with van der Waals surface area (Å²) in [5.74, 6) is 0.0356. The van der Waals surface area contributed by atoms with Gasteiger partial charge in [0.1, 0.15) is 5.54 Å². The molecule has 21 heavy (non-hydrogen) atoms. The normalized spacial score (nSPS) is 14.8. The molecule has 2 atom stereocenters. The lowest BCUT2D eigenvalue weighted by atomic mass is 9.96. The first-order valence-corrected chi connectivity index (χ1v) is 6.96. The number of nitrogens with one attached hydrogen (secondary N) is 1. The van der Waals surface area contributed by atoms with Crippen LogP contribution in [0.4, 0.5) is 5.69 Å². The van der Waals surface area contributed by atoms with Crippen LogP contribution in [0.3, 0.4) is 0 Å². The van der Waals surface area contributed by atoms with Crippen molar-refractivity contribution in [1.82, 2.24) is 5.32 Å². The number of nitriles is 1. The number of para-hydroxylation sites is 1. The Morgan fingerprint density at radius 1 is 1.62 bits per heavy atom. The fourth-order valence-electron chi connectivity index (χ4n) is 2.12. The molecule has 0 saturated carbocycles. The third kappa shape index (κ3) is 4.59. The van der Waals surface area contributed by atoms with E-state index in [9.17, 15) is 15.4 Å². The lowest BCUT2D eigenvalue weighted by molar-refractivity contribution is -0.386. The molecule has 0 spiro atoms. The van der Waals surface area contributed by atoms with E-state index < -0.39 is 16.6 Å². The fraction of sp³-hybridized carbons (Fsp3) is 0.500. The summed E-state index contributed by atoms with van der Waals surface area (Å²) < 4.78 is 5.62. The van der Waals surface area contributed by atoms with E-state index in [1.165, 1.54) is 18.2 Å². The van der Waals surface area contributed by atoms with Crippen molar-refractivity contribution in [2.75, 3.05) is 6.54 Å². The van der Waals surface area contributed by atoms with Gasteiger partial charge in [-0.3, -0.25) is 15.4 Å². The van der Waals surface area contributed by atoms with E-state index >= 15 is 0 Å². The highest BCUT2D eigenvalue weighted by molar-refractivity contribution is 6.32. The second-order valence-electron chi connectivity index (χ2n) is 4.95. The Hall–Kier alpha value is -1.84. The summed E-state index contributed by atoms with van der Waals surface area (Å²) >= 11 is 5.97. The maximum Gasteiger partial charge on any atom is 0.312 e. The summed E-state index contributed by atoms with van der Waals surface area (Å²) in [7, 11) is 0. The van der Waals surface area contributed by atoms with Crippen LogP contribution in [0.1, 0.15) is 27.2 Å². The number of benzene rings is 1. The van der Waals surface area contributed by atoms with Gasteiger partial charge in [-0.05, 0) is 26.5 Å². The predicted octanol–water partition coefficient (Wildman–Crippen LogP) is 3.30. The van der Waals surface area contributed by atoms with Gasteiger partial charge in [0.25, 0.3) is 0 Å². The number of nitro groups is 1. The van der Waals surface area contributed by atoms with Gasteiger partial charge in [0.05, 0.1) is 22.1 Å². The first-order chi connectivity index (χ1) is 9.83. The van der Waals surface area contributed by atoms with Gasteiger partial charge in [-0.25, -0.2) is 0 Å². The molecule has 1 rings (SSSR count). The molecule has 6 nitrogen and oxygen atoms in total. The van der Waals surface area contributed by atoms with Crippen molar-refractivity contribution in [1.29, 1.82) is 5.26 Å². The second kappa shape index (κ2) is 7.25. The molecule has 114 valence electrons. The summed E-state index contributed by atoms with van der Waals surface area (Å²) in [6, 6.07) is 6.55. The molecule has 0 amide bonds. The number of ether oxygens (including phenoxy) is 1. The van der Waals surface area contributed by atoms with Gasteiger partial charge in [0.15, 0.2) is 0 Å². The minimum Gasteiger partial charge on any atom is -0.483 e. The van der Waals surface area contributed by atoms with E-state index in [1.54, 1.807) is 13.8 Å². The highest BCUT2D eigenvalue weighted by Gasteiger charge is 2.28. The summed E-state index contributed by atoms with van der Waals surface area (Å²) in [4.78, 5) is 10.5. The molecule has 1 N–H and O–H groups in total. The third-order valence-corrected chi connectivity index (χ3v) is 3.27. The molecule has 2 unspecified atom stereocenters. The Morgan fingerprint density at radius 3 is 2.81 bits per heavy atom. The van der Waals surface area contributed by atoms with Crippen LogP contribution in [0.2, 0.25) is 5.02 Å². The first kappa shape index (κ1) is 17.2. The van der Waals surface area contributed by atoms with Crippen LogP contribution in [0.25, 0.3) is 0 Å². The largest absolute Gasteiger partial charge is 0.483 e. The maximum atomic E-state index is 11.0. The van der Waals surface area contributed by atoms with E-state index in [1.807, 2.05) is 6.92 Å². The van der Waals surface area contributed by atoms with Crippen molar-refractivity contribution >= 4 is 17.3 Å². The van der Waals surface area contributed by atoms with Crippen molar-refractivity contribution in [3.8, 4) is 11.8 Å². The van der Waals surface area contributed by atoms with Gasteiger partial charge in [0.2, 0.25) is 5.75 Å². The number of nitrogens with zero attached hydrogens (tertiary/aromatic N) is 2. The Morgan fingerprint density at radius 2 is 2.29 bits per heavy atom. The van der Waals surface area contributed by atoms with Gasteiger partial charge in [-0.2, -0.15) is 5.26 Å². The molecule has 0 fully saturated rings. The number of hydrogen-bond donors (Lipinski definition) is 1. The van der Waals surface area contributed by atoms with Crippen molar-refractivity contribution in [3.63, 3.8) is 0 Å². The SMILES string of the molecule is CCNC(C)(C#N)CC(C)Oc1c(Cl)cccc1[N+](=O)[O-]. The van der Waals surface area contributed by atoms with E-state index in [4.69, 9.17) is 16.3 Å². The molecule has 0 saturated heterocycles. The Bertz CT molecular complexity index is 559. The zero-order chi connectivity index (χ0) is 16.0. The second-order valence-corrected chi connectivity index (χ2v) is 5.36. The van der Waals surface area contributed by atoms with Crippen LogP contribution in [-0.4, -0.2) is 23.1 Å². The van der Waals surface area contributed by atoms with Crippen LogP contribution >= 0.6 is 11.6 Å². The van der Waals surface area contributed by atoms with E-state index in [-0.39, 0.29) is 16.5 Å². The zero-order valence-corrected chi connectivity index (χ0v) is 13.0. The van der Waals surface area contributed by atoms with Gasteiger partial charge < -0.3 is 4.74 Å². The Labute approximate surface area is 128 Å². The number of halogens is 1. The Balaban J connectivity index is 2.92. The average molecular weight is 312 g/mol. The lowest BCUT2D eigenvalue weighted by Crippen LogP contribution is -2.44. The molecule has 0 radical (unpaired) electrons. The predicted molar refractivity (Wildman–Crippen MR) is 80.5 cm³/mol. The van der Waals surface area contributed by atoms with Crippen LogP contribution in [-0.2, 0) is 0 Å². The van der Waals surface area contributed by atoms with Gasteiger partial charge in [-0.15, -0.1) is 0 Å². The molecule has 0 aliphatic rings. The van der Waals surface area contributed by atoms with E-state index in [2.05, 4.69) is 11.4 Å². The topological polar surface area (TPSA) is 88.2 Å². The number of rotatable bonds is 7. The highest BCUT2D eigenvalue weighted by Crippen LogP contribution is 2.35. The summed E-state index contributed by atoms with van der Waals surface area (Å²) in [5, 5.41) is 23.5. The smallest absolute Gasteiger partial charge is 0.312 e. The van der Waals surface area contributed by atoms with Crippen LogP contribution < -0.4 is 10.1 Å². The molecule has 0 aromatic heterocycles. The monoisotopic (exact) mass is 311 g/mol. The van der Waals surface area contributed by atoms with Crippen molar-refractivity contribution in [2.24, 2.45) is 0 Å². The average Bonchev–Trinajstić information content (AvgIpc) is 2.40. The maximum absolute atomic E-state index is 11.0. The number of hydrogen-bond acceptors (Lipinski definition) is 5. The molecule has 1 aromatic rings. The molecule has 0 bridgehead atoms.